The largest absolute Gasteiger partial charge is 0.362 e. The molecular weight excluding hydrogens is 140 g/mol. The van der Waals surface area contributed by atoms with Crippen molar-refractivity contribution in [1.29, 1.82) is 5.26 Å². The van der Waals surface area contributed by atoms with Gasteiger partial charge in [0.05, 0.1) is 6.67 Å². The second kappa shape index (κ2) is 5.42. The van der Waals surface area contributed by atoms with Crippen LogP contribution in [0, 0.1) is 11.5 Å². The van der Waals surface area contributed by atoms with Crippen LogP contribution < -0.4 is 5.73 Å². The molecule has 0 aromatic carbocycles. The molecule has 1 aliphatic heterocycles. The van der Waals surface area contributed by atoms with Crippen molar-refractivity contribution in [3.63, 3.8) is 0 Å². The molecule has 4 heteroatoms. The van der Waals surface area contributed by atoms with Crippen molar-refractivity contribution in [1.82, 2.24) is 9.80 Å². The summed E-state index contributed by atoms with van der Waals surface area (Å²) in [4.78, 5) is 4.41. The minimum Gasteiger partial charge on any atom is -0.362 e. The smallest absolute Gasteiger partial charge is 0.173 e. The maximum absolute atomic E-state index is 7.10. The van der Waals surface area contributed by atoms with Crippen LogP contribution in [-0.4, -0.2) is 30.1 Å². The Hall–Kier alpha value is -1.37. The van der Waals surface area contributed by atoms with Crippen LogP contribution >= 0.6 is 0 Å². The van der Waals surface area contributed by atoms with Gasteiger partial charge in [0.2, 0.25) is 0 Å². The molecule has 0 atom stereocenters. The lowest BCUT2D eigenvalue weighted by molar-refractivity contribution is 0.308. The van der Waals surface area contributed by atoms with E-state index >= 15 is 0 Å². The number of hydrogen-bond acceptors (Lipinski definition) is 4. The standard InChI is InChI=1S/C6H12N2.CH2N2/c1-3-8-5-4-7(2)6-8;2-1-3/h4-5H,3,6H2,1-2H3;2H2. The number of nitrogens with two attached hydrogens (primary N) is 1. The van der Waals surface area contributed by atoms with E-state index in [-0.39, 0.29) is 0 Å². The highest BCUT2D eigenvalue weighted by molar-refractivity contribution is 4.87. The highest BCUT2D eigenvalue weighted by Crippen LogP contribution is 2.00. The molecule has 0 amide bonds. The average molecular weight is 154 g/mol. The van der Waals surface area contributed by atoms with E-state index < -0.39 is 0 Å². The first-order valence-corrected chi connectivity index (χ1v) is 3.47. The van der Waals surface area contributed by atoms with E-state index in [1.54, 1.807) is 0 Å². The predicted molar refractivity (Wildman–Crippen MR) is 44.0 cm³/mol. The van der Waals surface area contributed by atoms with Gasteiger partial charge in [0.25, 0.3) is 0 Å². The van der Waals surface area contributed by atoms with E-state index in [0.717, 1.165) is 13.2 Å². The molecular formula is C7H14N4. The molecule has 1 heterocycles. The zero-order valence-electron chi connectivity index (χ0n) is 6.99. The fourth-order valence-electron chi connectivity index (χ4n) is 0.794. The molecule has 11 heavy (non-hydrogen) atoms. The van der Waals surface area contributed by atoms with Crippen molar-refractivity contribution in [2.45, 2.75) is 6.92 Å². The molecule has 0 spiro atoms. The Balaban J connectivity index is 0.000000292. The molecule has 4 nitrogen and oxygen atoms in total. The van der Waals surface area contributed by atoms with Crippen LogP contribution in [0.4, 0.5) is 0 Å². The van der Waals surface area contributed by atoms with Crippen molar-refractivity contribution in [2.75, 3.05) is 20.3 Å². The fraction of sp³-hybridized carbons (Fsp3) is 0.571. The Bertz CT molecular complexity index is 158. The SMILES string of the molecule is CCN1C=CN(C)C1.N#CN. The first-order chi connectivity index (χ1) is 5.24. The van der Waals surface area contributed by atoms with Gasteiger partial charge in [-0.1, -0.05) is 0 Å². The van der Waals surface area contributed by atoms with Gasteiger partial charge >= 0.3 is 0 Å². The lowest BCUT2D eigenvalue weighted by atomic mass is 10.6. The Labute approximate surface area is 67.5 Å². The molecule has 1 rings (SSSR count). The molecule has 0 aliphatic carbocycles. The molecule has 0 aromatic heterocycles. The van der Waals surface area contributed by atoms with Gasteiger partial charge in [0, 0.05) is 26.0 Å². The van der Waals surface area contributed by atoms with Crippen LogP contribution in [0.2, 0.25) is 0 Å². The van der Waals surface area contributed by atoms with E-state index in [1.807, 2.05) is 0 Å². The summed E-state index contributed by atoms with van der Waals surface area (Å²) >= 11 is 0. The molecule has 0 radical (unpaired) electrons. The number of nitriles is 1. The monoisotopic (exact) mass is 154 g/mol. The van der Waals surface area contributed by atoms with E-state index in [2.05, 4.69) is 41.9 Å². The van der Waals surface area contributed by atoms with Gasteiger partial charge in [-0.15, -0.1) is 0 Å². The molecule has 1 aliphatic rings. The summed E-state index contributed by atoms with van der Waals surface area (Å²) in [6.07, 6.45) is 5.45. The highest BCUT2D eigenvalue weighted by atomic mass is 15.3. The maximum atomic E-state index is 7.10. The third-order valence-electron chi connectivity index (χ3n) is 1.34. The first-order valence-electron chi connectivity index (χ1n) is 3.47. The summed E-state index contributed by atoms with van der Waals surface area (Å²) in [5.41, 5.74) is 4.15. The molecule has 0 unspecified atom stereocenters. The minimum atomic E-state index is 1.05. The Kier molecular flexibility index (Phi) is 4.74. The topological polar surface area (TPSA) is 56.3 Å². The van der Waals surface area contributed by atoms with E-state index in [1.165, 1.54) is 6.19 Å². The zero-order chi connectivity index (χ0) is 8.69. The molecule has 2 N–H and O–H groups in total. The fourth-order valence-corrected chi connectivity index (χ4v) is 0.794. The van der Waals surface area contributed by atoms with Crippen molar-refractivity contribution in [3.8, 4) is 6.19 Å². The summed E-state index contributed by atoms with van der Waals surface area (Å²) in [5, 5.41) is 7.10. The van der Waals surface area contributed by atoms with Gasteiger partial charge in [-0.2, -0.15) is 5.26 Å². The molecule has 0 fully saturated rings. The number of rotatable bonds is 1. The average Bonchev–Trinajstić information content (AvgIpc) is 2.37. The van der Waals surface area contributed by atoms with Crippen LogP contribution in [0.15, 0.2) is 12.4 Å². The van der Waals surface area contributed by atoms with Crippen LogP contribution in [0.1, 0.15) is 6.92 Å². The van der Waals surface area contributed by atoms with E-state index in [9.17, 15) is 0 Å². The second-order valence-electron chi connectivity index (χ2n) is 2.23. The number of nitrogens with zero attached hydrogens (tertiary/aromatic N) is 3. The van der Waals surface area contributed by atoms with Crippen LogP contribution in [0.5, 0.6) is 0 Å². The van der Waals surface area contributed by atoms with Crippen LogP contribution in [0.3, 0.4) is 0 Å². The van der Waals surface area contributed by atoms with E-state index in [0.29, 0.717) is 0 Å². The third kappa shape index (κ3) is 4.09. The molecule has 0 saturated carbocycles. The summed E-state index contributed by atoms with van der Waals surface area (Å²) in [7, 11) is 2.08. The summed E-state index contributed by atoms with van der Waals surface area (Å²) in [6, 6.07) is 0. The molecule has 62 valence electrons. The summed E-state index contributed by atoms with van der Waals surface area (Å²) in [5.74, 6) is 0. The summed E-state index contributed by atoms with van der Waals surface area (Å²) < 4.78 is 0. The molecule has 0 aromatic rings. The van der Waals surface area contributed by atoms with Crippen molar-refractivity contribution < 1.29 is 0 Å². The normalized spacial score (nSPS) is 13.9. The van der Waals surface area contributed by atoms with Gasteiger partial charge < -0.3 is 15.5 Å². The predicted octanol–water partition coefficient (Wildman–Crippen LogP) is 0.109. The molecule has 0 saturated heterocycles. The van der Waals surface area contributed by atoms with Crippen molar-refractivity contribution in [2.24, 2.45) is 5.73 Å². The van der Waals surface area contributed by atoms with Gasteiger partial charge in [-0.25, -0.2) is 0 Å². The van der Waals surface area contributed by atoms with Gasteiger partial charge in [0.1, 0.15) is 0 Å². The van der Waals surface area contributed by atoms with Gasteiger partial charge in [-0.3, -0.25) is 0 Å². The lowest BCUT2D eigenvalue weighted by Gasteiger charge is -2.14. The van der Waals surface area contributed by atoms with Gasteiger partial charge in [0.15, 0.2) is 6.19 Å². The Morgan fingerprint density at radius 2 is 2.18 bits per heavy atom. The third-order valence-corrected chi connectivity index (χ3v) is 1.34. The zero-order valence-corrected chi connectivity index (χ0v) is 6.99. The summed E-state index contributed by atoms with van der Waals surface area (Å²) in [6.45, 7) is 4.32. The minimum absolute atomic E-state index is 1.05. The Morgan fingerprint density at radius 3 is 2.36 bits per heavy atom. The van der Waals surface area contributed by atoms with Gasteiger partial charge in [-0.05, 0) is 6.92 Å². The van der Waals surface area contributed by atoms with Crippen LogP contribution in [0.25, 0.3) is 0 Å². The second-order valence-corrected chi connectivity index (χ2v) is 2.23. The van der Waals surface area contributed by atoms with Crippen LogP contribution in [-0.2, 0) is 0 Å². The van der Waals surface area contributed by atoms with Crippen molar-refractivity contribution >= 4 is 0 Å². The Morgan fingerprint density at radius 1 is 1.64 bits per heavy atom. The lowest BCUT2D eigenvalue weighted by Crippen LogP contribution is -2.21. The quantitative estimate of drug-likeness (QED) is 0.430. The first kappa shape index (κ1) is 9.63. The molecule has 0 bridgehead atoms. The van der Waals surface area contributed by atoms with E-state index in [4.69, 9.17) is 5.26 Å². The number of hydrogen-bond donors (Lipinski definition) is 1. The highest BCUT2D eigenvalue weighted by Gasteiger charge is 2.03. The van der Waals surface area contributed by atoms with Crippen molar-refractivity contribution in [3.05, 3.63) is 12.4 Å². The maximum Gasteiger partial charge on any atom is 0.173 e.